The minimum atomic E-state index is -0.940. The van der Waals surface area contributed by atoms with Gasteiger partial charge in [0, 0.05) is 17.3 Å². The van der Waals surface area contributed by atoms with Crippen LogP contribution in [-0.4, -0.2) is 49.6 Å². The molecule has 8 nitrogen and oxygen atoms in total. The average Bonchev–Trinajstić information content (AvgIpc) is 3.19. The molecule has 9 heteroatoms. The van der Waals surface area contributed by atoms with E-state index in [-0.39, 0.29) is 18.9 Å². The maximum Gasteiger partial charge on any atom is 0.322 e. The van der Waals surface area contributed by atoms with Gasteiger partial charge in [-0.25, -0.2) is 9.69 Å². The molecule has 4 amide bonds. The summed E-state index contributed by atoms with van der Waals surface area (Å²) in [6, 6.07) is 19.4. The lowest BCUT2D eigenvalue weighted by atomic mass is 10.1. The molecule has 0 aromatic heterocycles. The summed E-state index contributed by atoms with van der Waals surface area (Å²) in [7, 11) is 3.13. The third-order valence-corrected chi connectivity index (χ3v) is 6.24. The largest absolute Gasteiger partial charge is 0.497 e. The van der Waals surface area contributed by atoms with E-state index in [4.69, 9.17) is 21.1 Å². The summed E-state index contributed by atoms with van der Waals surface area (Å²) in [6.45, 7) is 0.228. The smallest absolute Gasteiger partial charge is 0.322 e. The first kappa shape index (κ1) is 25.1. The van der Waals surface area contributed by atoms with Crippen molar-refractivity contribution < 1.29 is 23.9 Å². The van der Waals surface area contributed by atoms with Gasteiger partial charge < -0.3 is 19.7 Å². The van der Waals surface area contributed by atoms with Crippen molar-refractivity contribution in [2.24, 2.45) is 0 Å². The summed E-state index contributed by atoms with van der Waals surface area (Å²) in [5, 5.41) is 3.35. The van der Waals surface area contributed by atoms with Crippen molar-refractivity contribution in [1.29, 1.82) is 0 Å². The van der Waals surface area contributed by atoms with E-state index >= 15 is 0 Å². The van der Waals surface area contributed by atoms with Crippen LogP contribution in [0.2, 0.25) is 5.02 Å². The Bertz CT molecular complexity index is 1230. The van der Waals surface area contributed by atoms with Gasteiger partial charge in [-0.15, -0.1) is 0 Å². The number of carbonyl (C=O) groups is 3. The van der Waals surface area contributed by atoms with Gasteiger partial charge in [0.2, 0.25) is 5.91 Å². The molecule has 0 saturated carbocycles. The number of rotatable bonds is 8. The summed E-state index contributed by atoms with van der Waals surface area (Å²) < 4.78 is 10.4. The van der Waals surface area contributed by atoms with Crippen LogP contribution in [0.3, 0.4) is 0 Å². The second kappa shape index (κ2) is 11.1. The highest BCUT2D eigenvalue weighted by Crippen LogP contribution is 2.28. The number of urea groups is 1. The summed E-state index contributed by atoms with van der Waals surface area (Å²) in [5.41, 5.74) is 1.92. The Morgan fingerprint density at radius 3 is 2.11 bits per heavy atom. The fraction of sp³-hybridized carbons (Fsp3) is 0.222. The van der Waals surface area contributed by atoms with Crippen molar-refractivity contribution in [3.05, 3.63) is 83.4 Å². The van der Waals surface area contributed by atoms with E-state index in [0.29, 0.717) is 28.6 Å². The molecule has 1 atom stereocenters. The van der Waals surface area contributed by atoms with Crippen LogP contribution >= 0.6 is 11.6 Å². The van der Waals surface area contributed by atoms with Gasteiger partial charge in [0.05, 0.1) is 26.3 Å². The van der Waals surface area contributed by atoms with Crippen molar-refractivity contribution in [1.82, 2.24) is 4.90 Å². The molecular formula is C27H26ClN3O5. The summed E-state index contributed by atoms with van der Waals surface area (Å²) in [6.07, 6.45) is 0.375. The molecule has 3 aromatic rings. The molecule has 186 valence electrons. The molecule has 1 saturated heterocycles. The zero-order valence-electron chi connectivity index (χ0n) is 19.9. The monoisotopic (exact) mass is 507 g/mol. The Hall–Kier alpha value is -4.04. The predicted molar refractivity (Wildman–Crippen MR) is 138 cm³/mol. The number of hydrogen-bond acceptors (Lipinski definition) is 5. The van der Waals surface area contributed by atoms with Crippen LogP contribution in [0.15, 0.2) is 72.8 Å². The first-order valence-corrected chi connectivity index (χ1v) is 11.7. The molecule has 0 unspecified atom stereocenters. The molecule has 0 radical (unpaired) electrons. The van der Waals surface area contributed by atoms with E-state index in [1.165, 1.54) is 12.0 Å². The maximum atomic E-state index is 13.4. The van der Waals surface area contributed by atoms with Gasteiger partial charge in [-0.05, 0) is 72.6 Å². The number of nitrogens with zero attached hydrogens (tertiary/aromatic N) is 2. The average molecular weight is 508 g/mol. The van der Waals surface area contributed by atoms with Crippen LogP contribution < -0.4 is 19.7 Å². The number of halogens is 1. The Kier molecular flexibility index (Phi) is 7.75. The predicted octanol–water partition coefficient (Wildman–Crippen LogP) is 4.77. The number of ether oxygens (including phenoxy) is 2. The molecule has 36 heavy (non-hydrogen) atoms. The quantitative estimate of drug-likeness (QED) is 0.444. The standard InChI is InChI=1S/C27H26ClN3O5/c1-35-22-11-3-18(4-12-22)15-16-30(27(34)29-20-7-5-19(28)6-8-20)24-17-25(32)31(26(24)33)21-9-13-23(36-2)14-10-21/h3-14,24H,15-17H2,1-2H3,(H,29,34)/t24-/m1/s1. The fourth-order valence-electron chi connectivity index (χ4n) is 4.03. The Morgan fingerprint density at radius 1 is 0.944 bits per heavy atom. The lowest BCUT2D eigenvalue weighted by molar-refractivity contribution is -0.122. The van der Waals surface area contributed by atoms with E-state index in [0.717, 1.165) is 16.2 Å². The van der Waals surface area contributed by atoms with Crippen molar-refractivity contribution in [3.8, 4) is 11.5 Å². The van der Waals surface area contributed by atoms with Crippen LogP contribution in [0.5, 0.6) is 11.5 Å². The summed E-state index contributed by atoms with van der Waals surface area (Å²) >= 11 is 5.95. The third-order valence-electron chi connectivity index (χ3n) is 5.99. The molecule has 0 bridgehead atoms. The Labute approximate surface area is 214 Å². The molecule has 4 rings (SSSR count). The SMILES string of the molecule is COc1ccc(CCN(C(=O)Nc2ccc(Cl)cc2)[C@@H]2CC(=O)N(c3ccc(OC)cc3)C2=O)cc1. The van der Waals surface area contributed by atoms with Gasteiger partial charge >= 0.3 is 6.03 Å². The zero-order valence-corrected chi connectivity index (χ0v) is 20.7. The van der Waals surface area contributed by atoms with Gasteiger partial charge in [-0.1, -0.05) is 23.7 Å². The highest BCUT2D eigenvalue weighted by Gasteiger charge is 2.44. The molecular weight excluding hydrogens is 482 g/mol. The molecule has 3 aromatic carbocycles. The maximum absolute atomic E-state index is 13.4. The Morgan fingerprint density at radius 2 is 1.53 bits per heavy atom. The number of anilines is 2. The highest BCUT2D eigenvalue weighted by atomic mass is 35.5. The van der Waals surface area contributed by atoms with Crippen LogP contribution in [0, 0.1) is 0 Å². The lowest BCUT2D eigenvalue weighted by Gasteiger charge is -2.28. The van der Waals surface area contributed by atoms with Crippen molar-refractivity contribution in [2.45, 2.75) is 18.9 Å². The van der Waals surface area contributed by atoms with Crippen LogP contribution in [-0.2, 0) is 16.0 Å². The third kappa shape index (κ3) is 5.60. The number of nitrogens with one attached hydrogen (secondary N) is 1. The first-order valence-electron chi connectivity index (χ1n) is 11.4. The van der Waals surface area contributed by atoms with Gasteiger partial charge in [-0.3, -0.25) is 9.59 Å². The van der Waals surface area contributed by atoms with Gasteiger partial charge in [0.1, 0.15) is 17.5 Å². The topological polar surface area (TPSA) is 88.2 Å². The number of imide groups is 1. The van der Waals surface area contributed by atoms with Crippen LogP contribution in [0.1, 0.15) is 12.0 Å². The number of benzene rings is 3. The fourth-order valence-corrected chi connectivity index (χ4v) is 4.16. The zero-order chi connectivity index (χ0) is 25.7. The molecule has 1 N–H and O–H groups in total. The summed E-state index contributed by atoms with van der Waals surface area (Å²) in [5.74, 6) is 0.510. The molecule has 1 heterocycles. The molecule has 1 aliphatic heterocycles. The first-order chi connectivity index (χ1) is 17.4. The second-order valence-corrected chi connectivity index (χ2v) is 8.65. The molecule has 1 aliphatic rings. The van der Waals surface area contributed by atoms with Crippen LogP contribution in [0.25, 0.3) is 0 Å². The summed E-state index contributed by atoms with van der Waals surface area (Å²) in [4.78, 5) is 42.2. The van der Waals surface area contributed by atoms with E-state index in [2.05, 4.69) is 5.32 Å². The normalized spacial score (nSPS) is 15.1. The van der Waals surface area contributed by atoms with E-state index in [9.17, 15) is 14.4 Å². The van der Waals surface area contributed by atoms with Crippen molar-refractivity contribution >= 4 is 40.8 Å². The minimum absolute atomic E-state index is 0.110. The number of methoxy groups -OCH3 is 2. The lowest BCUT2D eigenvalue weighted by Crippen LogP contribution is -2.48. The van der Waals surface area contributed by atoms with Crippen molar-refractivity contribution in [3.63, 3.8) is 0 Å². The van der Waals surface area contributed by atoms with Crippen LogP contribution in [0.4, 0.5) is 16.2 Å². The number of hydrogen-bond donors (Lipinski definition) is 1. The van der Waals surface area contributed by atoms with Gasteiger partial charge in [0.25, 0.3) is 5.91 Å². The number of carbonyl (C=O) groups excluding carboxylic acids is 3. The van der Waals surface area contributed by atoms with Gasteiger partial charge in [-0.2, -0.15) is 0 Å². The molecule has 1 fully saturated rings. The van der Waals surface area contributed by atoms with Crippen molar-refractivity contribution in [2.75, 3.05) is 31.0 Å². The van der Waals surface area contributed by atoms with E-state index < -0.39 is 18.0 Å². The van der Waals surface area contributed by atoms with E-state index in [1.807, 2.05) is 24.3 Å². The number of amides is 4. The van der Waals surface area contributed by atoms with E-state index in [1.54, 1.807) is 55.6 Å². The molecule has 0 aliphatic carbocycles. The van der Waals surface area contributed by atoms with Gasteiger partial charge in [0.15, 0.2) is 0 Å². The minimum Gasteiger partial charge on any atom is -0.497 e. The Balaban J connectivity index is 1.57. The molecule has 0 spiro atoms. The second-order valence-electron chi connectivity index (χ2n) is 8.21. The highest BCUT2D eigenvalue weighted by molar-refractivity contribution is 6.30.